The van der Waals surface area contributed by atoms with Crippen LogP contribution in [0.25, 0.3) is 0 Å². The number of fused-ring (bicyclic) bond motifs is 1. The first-order valence-corrected chi connectivity index (χ1v) is 8.88. The van der Waals surface area contributed by atoms with Gasteiger partial charge in [-0.05, 0) is 37.1 Å². The molecule has 1 aromatic carbocycles. The maximum atomic E-state index is 13.1. The number of amides is 1. The van der Waals surface area contributed by atoms with Crippen LogP contribution in [0.5, 0.6) is 0 Å². The summed E-state index contributed by atoms with van der Waals surface area (Å²) in [6, 6.07) is 4.89. The number of carbonyl (C=O) groups is 1. The number of rotatable bonds is 2. The Balaban J connectivity index is 1.70. The van der Waals surface area contributed by atoms with Crippen molar-refractivity contribution in [3.05, 3.63) is 70.3 Å². The van der Waals surface area contributed by atoms with Crippen molar-refractivity contribution < 1.29 is 18.0 Å². The van der Waals surface area contributed by atoms with Gasteiger partial charge in [0.25, 0.3) is 5.91 Å². The molecule has 0 aliphatic carbocycles. The fourth-order valence-corrected chi connectivity index (χ4v) is 3.68. The van der Waals surface area contributed by atoms with Crippen LogP contribution >= 0.6 is 11.6 Å². The lowest BCUT2D eigenvalue weighted by atomic mass is 9.99. The number of alkyl halides is 3. The van der Waals surface area contributed by atoms with E-state index < -0.39 is 22.7 Å². The highest BCUT2D eigenvalue weighted by molar-refractivity contribution is 6.34. The molecule has 6 nitrogen and oxygen atoms in total. The van der Waals surface area contributed by atoms with Crippen molar-refractivity contribution in [1.82, 2.24) is 24.7 Å². The molecule has 1 atom stereocenters. The second kappa shape index (κ2) is 6.66. The van der Waals surface area contributed by atoms with Crippen LogP contribution in [0.3, 0.4) is 0 Å². The van der Waals surface area contributed by atoms with Gasteiger partial charge in [0.15, 0.2) is 0 Å². The minimum atomic E-state index is -4.63. The summed E-state index contributed by atoms with van der Waals surface area (Å²) in [5.74, 6) is -0.553. The second-order valence-electron chi connectivity index (χ2n) is 6.58. The van der Waals surface area contributed by atoms with Gasteiger partial charge in [0.2, 0.25) is 0 Å². The number of hydrogen-bond donors (Lipinski definition) is 0. The topological polar surface area (TPSA) is 56.0 Å². The first-order chi connectivity index (χ1) is 13.3. The van der Waals surface area contributed by atoms with Crippen LogP contribution in [0, 0.1) is 0 Å². The van der Waals surface area contributed by atoms with Gasteiger partial charge in [0.1, 0.15) is 0 Å². The second-order valence-corrected chi connectivity index (χ2v) is 6.96. The van der Waals surface area contributed by atoms with Gasteiger partial charge >= 0.3 is 6.18 Å². The van der Waals surface area contributed by atoms with E-state index in [0.29, 0.717) is 6.42 Å². The van der Waals surface area contributed by atoms with Gasteiger partial charge in [0.05, 0.1) is 47.0 Å². The molecule has 1 amide bonds. The van der Waals surface area contributed by atoms with Gasteiger partial charge in [0, 0.05) is 6.04 Å². The lowest BCUT2D eigenvalue weighted by Crippen LogP contribution is -2.43. The summed E-state index contributed by atoms with van der Waals surface area (Å²) in [6.07, 6.45) is 0.921. The SMILES string of the molecule is CC1Cc2cnn(-n3cccn3)c2CN1C(=O)c1cccc(C(F)(F)F)c1Cl. The van der Waals surface area contributed by atoms with Gasteiger partial charge in [-0.3, -0.25) is 4.79 Å². The van der Waals surface area contributed by atoms with E-state index in [4.69, 9.17) is 11.6 Å². The summed E-state index contributed by atoms with van der Waals surface area (Å²) < 4.78 is 39.4. The lowest BCUT2D eigenvalue weighted by Gasteiger charge is -2.34. The van der Waals surface area contributed by atoms with Crippen molar-refractivity contribution in [3.8, 4) is 0 Å². The Kier molecular flexibility index (Phi) is 4.41. The van der Waals surface area contributed by atoms with Crippen molar-refractivity contribution in [1.29, 1.82) is 0 Å². The predicted molar refractivity (Wildman–Crippen MR) is 94.7 cm³/mol. The summed E-state index contributed by atoms with van der Waals surface area (Å²) >= 11 is 5.95. The van der Waals surface area contributed by atoms with E-state index in [1.807, 2.05) is 6.92 Å². The van der Waals surface area contributed by atoms with Gasteiger partial charge in [-0.25, -0.2) is 0 Å². The highest BCUT2D eigenvalue weighted by Gasteiger charge is 2.37. The molecule has 146 valence electrons. The quantitative estimate of drug-likeness (QED) is 0.649. The Hall–Kier alpha value is -2.81. The minimum absolute atomic E-state index is 0.169. The molecule has 0 bridgehead atoms. The van der Waals surface area contributed by atoms with Crippen LogP contribution in [0.1, 0.15) is 34.1 Å². The highest BCUT2D eigenvalue weighted by atomic mass is 35.5. The van der Waals surface area contributed by atoms with E-state index in [2.05, 4.69) is 10.2 Å². The number of aromatic nitrogens is 4. The number of halogens is 4. The molecule has 3 heterocycles. The zero-order valence-electron chi connectivity index (χ0n) is 14.7. The number of nitrogens with zero attached hydrogens (tertiary/aromatic N) is 5. The van der Waals surface area contributed by atoms with Crippen molar-refractivity contribution in [2.45, 2.75) is 32.1 Å². The molecule has 0 saturated heterocycles. The van der Waals surface area contributed by atoms with E-state index in [1.165, 1.54) is 21.8 Å². The monoisotopic (exact) mass is 409 g/mol. The molecule has 0 saturated carbocycles. The number of hydrogen-bond acceptors (Lipinski definition) is 3. The van der Waals surface area contributed by atoms with Gasteiger partial charge in [-0.2, -0.15) is 33.0 Å². The minimum Gasteiger partial charge on any atom is -0.330 e. The van der Waals surface area contributed by atoms with Crippen molar-refractivity contribution in [2.75, 3.05) is 0 Å². The molecule has 4 rings (SSSR count). The van der Waals surface area contributed by atoms with Gasteiger partial charge in [-0.15, -0.1) is 0 Å². The molecular weight excluding hydrogens is 395 g/mol. The number of carbonyl (C=O) groups excluding carboxylic acids is 1. The fourth-order valence-electron chi connectivity index (χ4n) is 3.37. The number of benzene rings is 1. The molecule has 3 aromatic rings. The van der Waals surface area contributed by atoms with E-state index in [9.17, 15) is 18.0 Å². The highest BCUT2D eigenvalue weighted by Crippen LogP contribution is 2.37. The van der Waals surface area contributed by atoms with Crippen molar-refractivity contribution in [2.24, 2.45) is 0 Å². The molecule has 0 radical (unpaired) electrons. The third kappa shape index (κ3) is 3.05. The third-order valence-corrected chi connectivity index (χ3v) is 5.19. The third-order valence-electron chi connectivity index (χ3n) is 4.78. The molecule has 1 aliphatic heterocycles. The molecular formula is C18H15ClF3N5O. The van der Waals surface area contributed by atoms with Gasteiger partial charge in [-0.1, -0.05) is 17.7 Å². The molecule has 0 spiro atoms. The molecule has 1 unspecified atom stereocenters. The van der Waals surface area contributed by atoms with Crippen LogP contribution < -0.4 is 0 Å². The van der Waals surface area contributed by atoms with Crippen molar-refractivity contribution >= 4 is 17.5 Å². The molecule has 10 heteroatoms. The fraction of sp³-hybridized carbons (Fsp3) is 0.278. The normalized spacial score (nSPS) is 16.9. The Morgan fingerprint density at radius 2 is 2.04 bits per heavy atom. The van der Waals surface area contributed by atoms with Crippen LogP contribution in [0.2, 0.25) is 5.02 Å². The predicted octanol–water partition coefficient (Wildman–Crippen LogP) is 3.65. The summed E-state index contributed by atoms with van der Waals surface area (Å²) in [5.41, 5.74) is 0.518. The largest absolute Gasteiger partial charge is 0.417 e. The molecule has 0 fully saturated rings. The Morgan fingerprint density at radius 3 is 2.71 bits per heavy atom. The van der Waals surface area contributed by atoms with E-state index in [0.717, 1.165) is 17.3 Å². The summed E-state index contributed by atoms with van der Waals surface area (Å²) in [6.45, 7) is 2.02. The van der Waals surface area contributed by atoms with Crippen LogP contribution in [-0.4, -0.2) is 36.6 Å². The summed E-state index contributed by atoms with van der Waals surface area (Å²) in [5, 5.41) is 7.86. The lowest BCUT2D eigenvalue weighted by molar-refractivity contribution is -0.137. The maximum absolute atomic E-state index is 13.1. The maximum Gasteiger partial charge on any atom is 0.417 e. The van der Waals surface area contributed by atoms with Crippen LogP contribution in [0.4, 0.5) is 13.2 Å². The average molecular weight is 410 g/mol. The molecule has 2 aromatic heterocycles. The first-order valence-electron chi connectivity index (χ1n) is 8.50. The molecule has 28 heavy (non-hydrogen) atoms. The average Bonchev–Trinajstić information content (AvgIpc) is 3.28. The smallest absolute Gasteiger partial charge is 0.330 e. The Bertz CT molecular complexity index is 1030. The molecule has 0 N–H and O–H groups in total. The first kappa shape index (κ1) is 18.5. The van der Waals surface area contributed by atoms with Crippen LogP contribution in [-0.2, 0) is 19.1 Å². The standard InChI is InChI=1S/C18H15ClF3N5O/c1-11-8-12-9-24-27(26-7-3-6-23-26)15(12)10-25(11)17(28)13-4-2-5-14(16(13)19)18(20,21)22/h2-7,9,11H,8,10H2,1H3. The summed E-state index contributed by atoms with van der Waals surface area (Å²) in [7, 11) is 0. The summed E-state index contributed by atoms with van der Waals surface area (Å²) in [4.78, 5) is 17.7. The van der Waals surface area contributed by atoms with E-state index >= 15 is 0 Å². The zero-order chi connectivity index (χ0) is 20.1. The van der Waals surface area contributed by atoms with Crippen LogP contribution in [0.15, 0.2) is 42.9 Å². The van der Waals surface area contributed by atoms with E-state index in [1.54, 1.807) is 29.4 Å². The van der Waals surface area contributed by atoms with E-state index in [-0.39, 0.29) is 18.2 Å². The molecule has 1 aliphatic rings. The van der Waals surface area contributed by atoms with Gasteiger partial charge < -0.3 is 4.90 Å². The zero-order valence-corrected chi connectivity index (χ0v) is 15.4. The Morgan fingerprint density at radius 1 is 1.25 bits per heavy atom. The Labute approximate surface area is 163 Å². The van der Waals surface area contributed by atoms with Crippen molar-refractivity contribution in [3.63, 3.8) is 0 Å².